The van der Waals surface area contributed by atoms with Gasteiger partial charge in [-0.25, -0.2) is 4.79 Å². The number of benzene rings is 3. The van der Waals surface area contributed by atoms with Crippen molar-refractivity contribution in [2.45, 2.75) is 52.7 Å². The first-order valence-electron chi connectivity index (χ1n) is 12.6. The number of fused-ring (bicyclic) bond motifs is 2. The van der Waals surface area contributed by atoms with Crippen molar-refractivity contribution < 1.29 is 18.7 Å². The number of nitrogens with one attached hydrogen (secondary N) is 2. The zero-order valence-electron chi connectivity index (χ0n) is 22.1. The number of esters is 1. The molecule has 2 heterocycles. The van der Waals surface area contributed by atoms with Crippen LogP contribution in [0.3, 0.4) is 0 Å². The maximum atomic E-state index is 13.2. The van der Waals surface area contributed by atoms with Crippen molar-refractivity contribution >= 4 is 34.2 Å². The fraction of sp³-hybridized carbons (Fsp3) is 0.258. The van der Waals surface area contributed by atoms with Crippen molar-refractivity contribution in [1.29, 1.82) is 0 Å². The summed E-state index contributed by atoms with van der Waals surface area (Å²) in [7, 11) is 0. The number of aryl methyl sites for hydroxylation is 1. The SMILES string of the molecule is Cc1cc(C(C)Nc2ccccc2C(=O)OC(C)(C)C)c2oc(-c3ccc4c(c3)NC(=O)C4)cc(=O)c2c1. The smallest absolute Gasteiger partial charge is 0.340 e. The van der Waals surface area contributed by atoms with Crippen LogP contribution in [0.5, 0.6) is 0 Å². The first-order valence-corrected chi connectivity index (χ1v) is 12.6. The Hall–Kier alpha value is -4.39. The zero-order chi connectivity index (χ0) is 27.2. The Balaban J connectivity index is 1.55. The largest absolute Gasteiger partial charge is 0.456 e. The first-order chi connectivity index (χ1) is 18.0. The highest BCUT2D eigenvalue weighted by molar-refractivity contribution is 6.00. The quantitative estimate of drug-likeness (QED) is 0.302. The number of anilines is 2. The predicted molar refractivity (Wildman–Crippen MR) is 149 cm³/mol. The van der Waals surface area contributed by atoms with Crippen LogP contribution in [0.1, 0.15) is 60.8 Å². The van der Waals surface area contributed by atoms with Gasteiger partial charge in [0, 0.05) is 28.6 Å². The lowest BCUT2D eigenvalue weighted by Crippen LogP contribution is -2.24. The molecule has 0 spiro atoms. The normalized spacial score (nSPS) is 13.7. The van der Waals surface area contributed by atoms with Crippen LogP contribution in [0.2, 0.25) is 0 Å². The molecular formula is C31H30N2O5. The standard InChI is InChI=1S/C31H30N2O5/c1-17-12-22(18(2)32-24-9-7-6-8-21(24)30(36)38-31(3,4)5)29-23(13-17)26(34)16-27(37-29)20-11-10-19-15-28(35)33-25(19)14-20/h6-14,16,18,32H,15H2,1-5H3,(H,33,35). The summed E-state index contributed by atoms with van der Waals surface area (Å²) in [5.41, 5.74) is 4.79. The van der Waals surface area contributed by atoms with Crippen LogP contribution in [-0.4, -0.2) is 17.5 Å². The summed E-state index contributed by atoms with van der Waals surface area (Å²) in [5.74, 6) is -0.0567. The van der Waals surface area contributed by atoms with E-state index < -0.39 is 11.6 Å². The highest BCUT2D eigenvalue weighted by atomic mass is 16.6. The molecule has 4 aromatic rings. The van der Waals surface area contributed by atoms with Gasteiger partial charge in [0.2, 0.25) is 5.91 Å². The Morgan fingerprint density at radius 2 is 1.82 bits per heavy atom. The van der Waals surface area contributed by atoms with Gasteiger partial charge in [-0.3, -0.25) is 9.59 Å². The van der Waals surface area contributed by atoms with Crippen molar-refractivity contribution in [2.24, 2.45) is 0 Å². The number of carbonyl (C=O) groups is 2. The summed E-state index contributed by atoms with van der Waals surface area (Å²) < 4.78 is 12.0. The topological polar surface area (TPSA) is 97.6 Å². The average Bonchev–Trinajstić information content (AvgIpc) is 3.22. The molecule has 1 atom stereocenters. The number of rotatable bonds is 5. The van der Waals surface area contributed by atoms with Crippen LogP contribution in [0.25, 0.3) is 22.3 Å². The van der Waals surface area contributed by atoms with Gasteiger partial charge in [0.05, 0.1) is 23.4 Å². The Morgan fingerprint density at radius 3 is 2.58 bits per heavy atom. The van der Waals surface area contributed by atoms with E-state index in [-0.39, 0.29) is 17.4 Å². The molecule has 0 saturated heterocycles. The van der Waals surface area contributed by atoms with Crippen molar-refractivity contribution in [3.8, 4) is 11.3 Å². The van der Waals surface area contributed by atoms with E-state index in [4.69, 9.17) is 9.15 Å². The van der Waals surface area contributed by atoms with Gasteiger partial charge in [-0.2, -0.15) is 0 Å². The second kappa shape index (κ2) is 9.49. The van der Waals surface area contributed by atoms with E-state index in [1.165, 1.54) is 6.07 Å². The van der Waals surface area contributed by atoms with Crippen molar-refractivity contribution in [2.75, 3.05) is 10.6 Å². The van der Waals surface area contributed by atoms with Crippen LogP contribution < -0.4 is 16.1 Å². The second-order valence-electron chi connectivity index (χ2n) is 10.7. The molecule has 2 N–H and O–H groups in total. The first kappa shape index (κ1) is 25.3. The fourth-order valence-corrected chi connectivity index (χ4v) is 4.70. The summed E-state index contributed by atoms with van der Waals surface area (Å²) in [6.07, 6.45) is 0.342. The minimum Gasteiger partial charge on any atom is -0.456 e. The minimum absolute atomic E-state index is 0.0542. The summed E-state index contributed by atoms with van der Waals surface area (Å²) in [5, 5.41) is 6.74. The minimum atomic E-state index is -0.622. The number of hydrogen-bond acceptors (Lipinski definition) is 6. The van der Waals surface area contributed by atoms with E-state index in [2.05, 4.69) is 10.6 Å². The number of amides is 1. The third kappa shape index (κ3) is 5.05. The van der Waals surface area contributed by atoms with Gasteiger partial charge in [0.15, 0.2) is 5.43 Å². The summed E-state index contributed by atoms with van der Waals surface area (Å²) in [4.78, 5) is 37.9. The second-order valence-corrected chi connectivity index (χ2v) is 10.7. The highest BCUT2D eigenvalue weighted by Gasteiger charge is 2.23. The van der Waals surface area contributed by atoms with Crippen LogP contribution >= 0.6 is 0 Å². The Kier molecular flexibility index (Phi) is 6.31. The molecular weight excluding hydrogens is 480 g/mol. The number of carbonyl (C=O) groups excluding carboxylic acids is 2. The van der Waals surface area contributed by atoms with E-state index in [0.717, 1.165) is 22.4 Å². The summed E-state index contributed by atoms with van der Waals surface area (Å²) in [6.45, 7) is 9.38. The lowest BCUT2D eigenvalue weighted by molar-refractivity contribution is -0.115. The molecule has 5 rings (SSSR count). The molecule has 1 amide bonds. The summed E-state index contributed by atoms with van der Waals surface area (Å²) >= 11 is 0. The fourth-order valence-electron chi connectivity index (χ4n) is 4.70. The molecule has 0 saturated carbocycles. The van der Waals surface area contributed by atoms with Gasteiger partial charge in [-0.15, -0.1) is 0 Å². The Bertz CT molecular complexity index is 1640. The predicted octanol–water partition coefficient (Wildman–Crippen LogP) is 6.39. The van der Waals surface area contributed by atoms with Gasteiger partial charge >= 0.3 is 5.97 Å². The van der Waals surface area contributed by atoms with E-state index in [9.17, 15) is 14.4 Å². The van der Waals surface area contributed by atoms with Gasteiger partial charge < -0.3 is 19.8 Å². The molecule has 7 heteroatoms. The number of para-hydroxylation sites is 1. The van der Waals surface area contributed by atoms with Crippen molar-refractivity contribution in [1.82, 2.24) is 0 Å². The molecule has 3 aromatic carbocycles. The van der Waals surface area contributed by atoms with E-state index in [0.29, 0.717) is 40.0 Å². The Morgan fingerprint density at radius 1 is 1.05 bits per heavy atom. The molecule has 1 unspecified atom stereocenters. The molecule has 0 radical (unpaired) electrons. The summed E-state index contributed by atoms with van der Waals surface area (Å²) in [6, 6.07) is 17.7. The van der Waals surface area contributed by atoms with Gasteiger partial charge in [-0.05, 0) is 70.0 Å². The van der Waals surface area contributed by atoms with Crippen molar-refractivity contribution in [3.05, 3.63) is 93.1 Å². The van der Waals surface area contributed by atoms with Gasteiger partial charge in [0.25, 0.3) is 0 Å². The molecule has 7 nitrogen and oxygen atoms in total. The van der Waals surface area contributed by atoms with Crippen LogP contribution in [-0.2, 0) is 16.0 Å². The molecule has 194 valence electrons. The lowest BCUT2D eigenvalue weighted by atomic mass is 10.00. The van der Waals surface area contributed by atoms with E-state index in [1.54, 1.807) is 12.1 Å². The maximum absolute atomic E-state index is 13.2. The zero-order valence-corrected chi connectivity index (χ0v) is 22.1. The van der Waals surface area contributed by atoms with E-state index in [1.807, 2.05) is 77.1 Å². The van der Waals surface area contributed by atoms with Gasteiger partial charge in [0.1, 0.15) is 16.9 Å². The molecule has 1 aliphatic rings. The lowest BCUT2D eigenvalue weighted by Gasteiger charge is -2.22. The molecule has 0 fully saturated rings. The number of ether oxygens (including phenoxy) is 1. The highest BCUT2D eigenvalue weighted by Crippen LogP contribution is 2.34. The van der Waals surface area contributed by atoms with Gasteiger partial charge in [-0.1, -0.05) is 30.3 Å². The van der Waals surface area contributed by atoms with Crippen LogP contribution in [0, 0.1) is 6.92 Å². The Labute approximate surface area is 220 Å². The van der Waals surface area contributed by atoms with E-state index >= 15 is 0 Å². The third-order valence-electron chi connectivity index (χ3n) is 6.41. The van der Waals surface area contributed by atoms with Crippen LogP contribution in [0.4, 0.5) is 11.4 Å². The molecule has 1 aliphatic heterocycles. The molecule has 1 aromatic heterocycles. The molecule has 0 aliphatic carbocycles. The van der Waals surface area contributed by atoms with Crippen molar-refractivity contribution in [3.63, 3.8) is 0 Å². The molecule has 0 bridgehead atoms. The number of hydrogen-bond donors (Lipinski definition) is 2. The maximum Gasteiger partial charge on any atom is 0.340 e. The third-order valence-corrected chi connectivity index (χ3v) is 6.41. The van der Waals surface area contributed by atoms with Crippen LogP contribution in [0.15, 0.2) is 69.9 Å². The average molecular weight is 511 g/mol. The monoisotopic (exact) mass is 510 g/mol. The molecule has 38 heavy (non-hydrogen) atoms.